The van der Waals surface area contributed by atoms with Crippen LogP contribution in [0.5, 0.6) is 0 Å². The molecule has 0 heterocycles. The summed E-state index contributed by atoms with van der Waals surface area (Å²) >= 11 is 5.81. The van der Waals surface area contributed by atoms with Crippen molar-refractivity contribution in [2.75, 3.05) is 0 Å². The summed E-state index contributed by atoms with van der Waals surface area (Å²) < 4.78 is 25.9. The first-order valence-electron chi connectivity index (χ1n) is 4.59. The topological polar surface area (TPSA) is 0 Å². The first kappa shape index (κ1) is 11.4. The van der Waals surface area contributed by atoms with Gasteiger partial charge in [0.15, 0.2) is 0 Å². The Morgan fingerprint density at radius 2 is 1.93 bits per heavy atom. The Morgan fingerprint density at radius 1 is 1.29 bits per heavy atom. The molecule has 0 spiro atoms. The number of alkyl halides is 1. The summed E-state index contributed by atoms with van der Waals surface area (Å²) in [7, 11) is 0. The van der Waals surface area contributed by atoms with Crippen molar-refractivity contribution in [3.05, 3.63) is 35.4 Å². The van der Waals surface area contributed by atoms with Crippen LogP contribution in [0.25, 0.3) is 0 Å². The van der Waals surface area contributed by atoms with Crippen LogP contribution in [-0.2, 0) is 0 Å². The fourth-order valence-electron chi connectivity index (χ4n) is 1.52. The van der Waals surface area contributed by atoms with Crippen LogP contribution in [0, 0.1) is 11.6 Å². The molecule has 1 rings (SSSR count). The predicted octanol–water partition coefficient (Wildman–Crippen LogP) is 4.09. The molecule has 0 bridgehead atoms. The number of hydrogen-bond donors (Lipinski definition) is 0. The van der Waals surface area contributed by atoms with E-state index >= 15 is 0 Å². The number of halogens is 3. The third kappa shape index (κ3) is 2.95. The van der Waals surface area contributed by atoms with Gasteiger partial charge in [-0.1, -0.05) is 13.0 Å². The number of rotatable bonds is 3. The normalized spacial score (nSPS) is 15.2. The van der Waals surface area contributed by atoms with Crippen molar-refractivity contribution in [1.29, 1.82) is 0 Å². The van der Waals surface area contributed by atoms with Crippen molar-refractivity contribution in [3.63, 3.8) is 0 Å². The lowest BCUT2D eigenvalue weighted by Gasteiger charge is -2.13. The molecule has 3 heteroatoms. The van der Waals surface area contributed by atoms with Crippen LogP contribution < -0.4 is 0 Å². The summed E-state index contributed by atoms with van der Waals surface area (Å²) in [6.45, 7) is 3.74. The summed E-state index contributed by atoms with van der Waals surface area (Å²) in [5.41, 5.74) is 0.527. The quantitative estimate of drug-likeness (QED) is 0.671. The van der Waals surface area contributed by atoms with Crippen LogP contribution in [0.3, 0.4) is 0 Å². The van der Waals surface area contributed by atoms with Gasteiger partial charge in [0.25, 0.3) is 0 Å². The molecule has 0 amide bonds. The molecule has 0 aromatic heterocycles. The van der Waals surface area contributed by atoms with Gasteiger partial charge in [-0.3, -0.25) is 0 Å². The van der Waals surface area contributed by atoms with E-state index in [-0.39, 0.29) is 11.3 Å². The lowest BCUT2D eigenvalue weighted by Crippen LogP contribution is -2.03. The maximum absolute atomic E-state index is 13.3. The van der Waals surface area contributed by atoms with E-state index in [1.165, 1.54) is 12.1 Å². The molecule has 0 nitrogen and oxygen atoms in total. The lowest BCUT2D eigenvalue weighted by atomic mass is 9.96. The molecule has 0 aliphatic carbocycles. The van der Waals surface area contributed by atoms with E-state index in [0.29, 0.717) is 12.0 Å². The molecule has 78 valence electrons. The van der Waals surface area contributed by atoms with Gasteiger partial charge < -0.3 is 0 Å². The van der Waals surface area contributed by atoms with Crippen molar-refractivity contribution in [3.8, 4) is 0 Å². The zero-order chi connectivity index (χ0) is 10.7. The minimum absolute atomic E-state index is 0.00514. The van der Waals surface area contributed by atoms with Gasteiger partial charge in [-0.2, -0.15) is 0 Å². The second-order valence-corrected chi connectivity index (χ2v) is 4.33. The van der Waals surface area contributed by atoms with Gasteiger partial charge in [-0.15, -0.1) is 11.6 Å². The Balaban J connectivity index is 2.84. The third-order valence-electron chi connectivity index (χ3n) is 2.17. The van der Waals surface area contributed by atoms with Crippen molar-refractivity contribution < 1.29 is 8.78 Å². The summed E-state index contributed by atoms with van der Waals surface area (Å²) in [5.74, 6) is -1.02. The largest absolute Gasteiger partial charge is 0.207 e. The molecule has 0 radical (unpaired) electrons. The monoisotopic (exact) mass is 218 g/mol. The van der Waals surface area contributed by atoms with E-state index < -0.39 is 11.6 Å². The Labute approximate surface area is 87.9 Å². The molecule has 1 aromatic rings. The van der Waals surface area contributed by atoms with Crippen LogP contribution in [-0.4, -0.2) is 5.38 Å². The highest BCUT2D eigenvalue weighted by molar-refractivity contribution is 6.20. The molecular formula is C11H13ClF2. The molecule has 14 heavy (non-hydrogen) atoms. The number of hydrogen-bond acceptors (Lipinski definition) is 0. The molecule has 1 aromatic carbocycles. The van der Waals surface area contributed by atoms with Gasteiger partial charge in [0.05, 0.1) is 0 Å². The van der Waals surface area contributed by atoms with E-state index in [2.05, 4.69) is 0 Å². The molecule has 0 aliphatic rings. The van der Waals surface area contributed by atoms with Gasteiger partial charge in [-0.05, 0) is 30.9 Å². The standard InChI is InChI=1S/C11H13ClF2/c1-7(5-8(2)12)10-4-3-9(13)6-11(10)14/h3-4,6-8H,5H2,1-2H3. The van der Waals surface area contributed by atoms with E-state index in [9.17, 15) is 8.78 Å². The molecule has 2 unspecified atom stereocenters. The van der Waals surface area contributed by atoms with Crippen LogP contribution in [0.15, 0.2) is 18.2 Å². The lowest BCUT2D eigenvalue weighted by molar-refractivity contribution is 0.549. The first-order valence-corrected chi connectivity index (χ1v) is 5.03. The summed E-state index contributed by atoms with van der Waals surface area (Å²) in [6.07, 6.45) is 0.685. The van der Waals surface area contributed by atoms with E-state index in [1.54, 1.807) is 0 Å². The van der Waals surface area contributed by atoms with Gasteiger partial charge in [0, 0.05) is 11.4 Å². The fourth-order valence-corrected chi connectivity index (χ4v) is 1.78. The maximum Gasteiger partial charge on any atom is 0.129 e. The highest BCUT2D eigenvalue weighted by Gasteiger charge is 2.13. The fraction of sp³-hybridized carbons (Fsp3) is 0.455. The van der Waals surface area contributed by atoms with Crippen molar-refractivity contribution in [1.82, 2.24) is 0 Å². The van der Waals surface area contributed by atoms with Crippen molar-refractivity contribution in [2.24, 2.45) is 0 Å². The molecule has 0 N–H and O–H groups in total. The van der Waals surface area contributed by atoms with Crippen LogP contribution in [0.2, 0.25) is 0 Å². The summed E-state index contributed by atoms with van der Waals surface area (Å²) in [5, 5.41) is -0.00514. The second kappa shape index (κ2) is 4.74. The third-order valence-corrected chi connectivity index (χ3v) is 2.35. The maximum atomic E-state index is 13.3. The minimum Gasteiger partial charge on any atom is -0.207 e. The Hall–Kier alpha value is -0.630. The average Bonchev–Trinajstić information content (AvgIpc) is 2.01. The van der Waals surface area contributed by atoms with Gasteiger partial charge in [0.1, 0.15) is 11.6 Å². The molecule has 0 aliphatic heterocycles. The Bertz CT molecular complexity index is 310. The summed E-state index contributed by atoms with van der Waals surface area (Å²) in [4.78, 5) is 0. The highest BCUT2D eigenvalue weighted by Crippen LogP contribution is 2.25. The SMILES string of the molecule is CC(Cl)CC(C)c1ccc(F)cc1F. The van der Waals surface area contributed by atoms with Gasteiger partial charge >= 0.3 is 0 Å². The van der Waals surface area contributed by atoms with Gasteiger partial charge in [0.2, 0.25) is 0 Å². The Kier molecular flexibility index (Phi) is 3.87. The van der Waals surface area contributed by atoms with E-state index in [1.807, 2.05) is 13.8 Å². The van der Waals surface area contributed by atoms with Crippen LogP contribution in [0.1, 0.15) is 31.7 Å². The Morgan fingerprint density at radius 3 is 2.43 bits per heavy atom. The molecule has 0 saturated heterocycles. The molecule has 0 saturated carbocycles. The zero-order valence-corrected chi connectivity index (χ0v) is 8.98. The summed E-state index contributed by atoms with van der Waals surface area (Å²) in [6, 6.07) is 3.66. The van der Waals surface area contributed by atoms with Gasteiger partial charge in [-0.25, -0.2) is 8.78 Å². The highest BCUT2D eigenvalue weighted by atomic mass is 35.5. The van der Waals surface area contributed by atoms with Crippen LogP contribution in [0.4, 0.5) is 8.78 Å². The van der Waals surface area contributed by atoms with Crippen molar-refractivity contribution in [2.45, 2.75) is 31.6 Å². The zero-order valence-electron chi connectivity index (χ0n) is 8.23. The average molecular weight is 219 g/mol. The first-order chi connectivity index (χ1) is 6.50. The minimum atomic E-state index is -0.544. The number of benzene rings is 1. The van der Waals surface area contributed by atoms with Crippen molar-refractivity contribution >= 4 is 11.6 Å². The smallest absolute Gasteiger partial charge is 0.129 e. The second-order valence-electron chi connectivity index (χ2n) is 3.58. The van der Waals surface area contributed by atoms with Crippen LogP contribution >= 0.6 is 11.6 Å². The molecule has 2 atom stereocenters. The molecular weight excluding hydrogens is 206 g/mol. The van der Waals surface area contributed by atoms with E-state index in [4.69, 9.17) is 11.6 Å². The molecule has 0 fully saturated rings. The van der Waals surface area contributed by atoms with E-state index in [0.717, 1.165) is 6.07 Å². The predicted molar refractivity (Wildman–Crippen MR) is 54.7 cm³/mol.